The molecule has 1 aliphatic carbocycles. The summed E-state index contributed by atoms with van der Waals surface area (Å²) in [6.07, 6.45) is 2.82. The Hall–Kier alpha value is -0.610. The number of carbonyl (C=O) groups excluding carboxylic acids is 1. The Bertz CT molecular complexity index is 236. The average molecular weight is 242 g/mol. The van der Waals surface area contributed by atoms with E-state index in [0.29, 0.717) is 19.1 Å². The van der Waals surface area contributed by atoms with E-state index in [-0.39, 0.29) is 23.9 Å². The number of hydrogen-bond donors (Lipinski definition) is 2. The lowest BCUT2D eigenvalue weighted by Gasteiger charge is -2.31. The third-order valence-electron chi connectivity index (χ3n) is 3.31. The molecule has 0 aromatic rings. The van der Waals surface area contributed by atoms with Gasteiger partial charge in [0, 0.05) is 24.6 Å². The van der Waals surface area contributed by atoms with Gasteiger partial charge < -0.3 is 15.8 Å². The summed E-state index contributed by atoms with van der Waals surface area (Å²) >= 11 is 0. The van der Waals surface area contributed by atoms with Gasteiger partial charge in [-0.3, -0.25) is 4.79 Å². The lowest BCUT2D eigenvalue weighted by molar-refractivity contribution is -0.127. The van der Waals surface area contributed by atoms with Gasteiger partial charge in [-0.25, -0.2) is 0 Å². The highest BCUT2D eigenvalue weighted by atomic mass is 16.5. The van der Waals surface area contributed by atoms with E-state index in [1.54, 1.807) is 0 Å². The first kappa shape index (κ1) is 14.5. The molecule has 0 aromatic heterocycles. The number of amides is 1. The molecule has 0 aliphatic heterocycles. The van der Waals surface area contributed by atoms with E-state index >= 15 is 0 Å². The molecule has 1 amide bonds. The predicted molar refractivity (Wildman–Crippen MR) is 68.6 cm³/mol. The smallest absolute Gasteiger partial charge is 0.223 e. The van der Waals surface area contributed by atoms with Crippen LogP contribution in [0, 0.1) is 11.8 Å². The van der Waals surface area contributed by atoms with Crippen molar-refractivity contribution < 1.29 is 9.53 Å². The summed E-state index contributed by atoms with van der Waals surface area (Å²) in [6, 6.07) is 0.257. The summed E-state index contributed by atoms with van der Waals surface area (Å²) < 4.78 is 5.29. The van der Waals surface area contributed by atoms with Crippen molar-refractivity contribution in [3.05, 3.63) is 0 Å². The van der Waals surface area contributed by atoms with E-state index < -0.39 is 0 Å². The van der Waals surface area contributed by atoms with Gasteiger partial charge in [-0.15, -0.1) is 0 Å². The summed E-state index contributed by atoms with van der Waals surface area (Å²) in [5, 5.41) is 3.01. The Balaban J connectivity index is 2.36. The van der Waals surface area contributed by atoms with Crippen molar-refractivity contribution in [3.8, 4) is 0 Å². The van der Waals surface area contributed by atoms with Gasteiger partial charge >= 0.3 is 0 Å². The first-order valence-corrected chi connectivity index (χ1v) is 6.66. The molecular formula is C13H26N2O2. The van der Waals surface area contributed by atoms with Crippen molar-refractivity contribution in [3.63, 3.8) is 0 Å². The summed E-state index contributed by atoms with van der Waals surface area (Å²) in [4.78, 5) is 12.0. The Kier molecular flexibility index (Phi) is 5.92. The fraction of sp³-hybridized carbons (Fsp3) is 0.923. The molecule has 3 N–H and O–H groups in total. The van der Waals surface area contributed by atoms with Crippen LogP contribution in [-0.2, 0) is 9.53 Å². The molecule has 17 heavy (non-hydrogen) atoms. The summed E-state index contributed by atoms with van der Waals surface area (Å²) in [5.41, 5.74) is 5.96. The molecule has 1 aliphatic rings. The van der Waals surface area contributed by atoms with Gasteiger partial charge in [-0.1, -0.05) is 6.92 Å². The molecule has 0 bridgehead atoms. The zero-order chi connectivity index (χ0) is 12.8. The van der Waals surface area contributed by atoms with Crippen LogP contribution >= 0.6 is 0 Å². The van der Waals surface area contributed by atoms with Crippen LogP contribution in [-0.4, -0.2) is 31.2 Å². The summed E-state index contributed by atoms with van der Waals surface area (Å²) in [5.74, 6) is 0.772. The fourth-order valence-electron chi connectivity index (χ4n) is 2.57. The Labute approximate surface area is 104 Å². The van der Waals surface area contributed by atoms with E-state index in [4.69, 9.17) is 10.5 Å². The minimum Gasteiger partial charge on any atom is -0.380 e. The van der Waals surface area contributed by atoms with Gasteiger partial charge in [0.15, 0.2) is 0 Å². The maximum atomic E-state index is 12.0. The van der Waals surface area contributed by atoms with Gasteiger partial charge in [0.1, 0.15) is 0 Å². The van der Waals surface area contributed by atoms with E-state index in [1.807, 2.05) is 13.8 Å². The minimum atomic E-state index is 0.0795. The largest absolute Gasteiger partial charge is 0.380 e. The highest BCUT2D eigenvalue weighted by molar-refractivity contribution is 5.79. The molecule has 0 aromatic carbocycles. The van der Waals surface area contributed by atoms with Crippen LogP contribution < -0.4 is 11.1 Å². The lowest BCUT2D eigenvalue weighted by Crippen LogP contribution is -2.44. The normalized spacial score (nSPS) is 30.9. The molecule has 4 atom stereocenters. The number of nitrogens with two attached hydrogens (primary N) is 1. The van der Waals surface area contributed by atoms with Gasteiger partial charge in [0.2, 0.25) is 5.91 Å². The third kappa shape index (κ3) is 5.04. The Morgan fingerprint density at radius 2 is 2.18 bits per heavy atom. The molecule has 0 saturated heterocycles. The van der Waals surface area contributed by atoms with Crippen LogP contribution in [0.4, 0.5) is 0 Å². The van der Waals surface area contributed by atoms with Crippen molar-refractivity contribution in [2.24, 2.45) is 17.6 Å². The zero-order valence-corrected chi connectivity index (χ0v) is 11.2. The summed E-state index contributed by atoms with van der Waals surface area (Å²) in [6.45, 7) is 7.36. The second-order valence-electron chi connectivity index (χ2n) is 5.34. The number of hydrogen-bond acceptors (Lipinski definition) is 3. The van der Waals surface area contributed by atoms with Crippen molar-refractivity contribution in [2.75, 3.05) is 13.2 Å². The molecule has 4 heteroatoms. The van der Waals surface area contributed by atoms with Crippen LogP contribution in [0.2, 0.25) is 0 Å². The van der Waals surface area contributed by atoms with Crippen molar-refractivity contribution in [2.45, 2.75) is 52.1 Å². The van der Waals surface area contributed by atoms with Crippen LogP contribution in [0.15, 0.2) is 0 Å². The van der Waals surface area contributed by atoms with Crippen molar-refractivity contribution >= 4 is 5.91 Å². The number of rotatable bonds is 5. The Morgan fingerprint density at radius 3 is 2.76 bits per heavy atom. The van der Waals surface area contributed by atoms with Gasteiger partial charge in [-0.05, 0) is 39.0 Å². The number of carbonyl (C=O) groups is 1. The lowest BCUT2D eigenvalue weighted by atomic mass is 9.79. The van der Waals surface area contributed by atoms with Gasteiger partial charge in [0.05, 0.1) is 6.61 Å². The van der Waals surface area contributed by atoms with Crippen LogP contribution in [0.25, 0.3) is 0 Å². The van der Waals surface area contributed by atoms with Crippen molar-refractivity contribution in [1.82, 2.24) is 5.32 Å². The third-order valence-corrected chi connectivity index (χ3v) is 3.31. The van der Waals surface area contributed by atoms with E-state index in [9.17, 15) is 4.79 Å². The molecule has 0 spiro atoms. The maximum absolute atomic E-state index is 12.0. The van der Waals surface area contributed by atoms with E-state index in [1.165, 1.54) is 0 Å². The van der Waals surface area contributed by atoms with Gasteiger partial charge in [-0.2, -0.15) is 0 Å². The molecule has 4 unspecified atom stereocenters. The molecule has 1 fully saturated rings. The second kappa shape index (κ2) is 6.97. The number of nitrogens with one attached hydrogen (secondary N) is 1. The minimum absolute atomic E-state index is 0.0795. The molecular weight excluding hydrogens is 216 g/mol. The van der Waals surface area contributed by atoms with E-state index in [0.717, 1.165) is 19.3 Å². The zero-order valence-electron chi connectivity index (χ0n) is 11.2. The molecule has 1 saturated carbocycles. The van der Waals surface area contributed by atoms with Crippen molar-refractivity contribution in [1.29, 1.82) is 0 Å². The average Bonchev–Trinajstić information content (AvgIpc) is 2.25. The Morgan fingerprint density at radius 1 is 1.47 bits per heavy atom. The first-order valence-electron chi connectivity index (χ1n) is 6.66. The predicted octanol–water partition coefficient (Wildman–Crippen LogP) is 1.29. The molecule has 0 radical (unpaired) electrons. The fourth-order valence-corrected chi connectivity index (χ4v) is 2.57. The quantitative estimate of drug-likeness (QED) is 0.763. The molecule has 1 rings (SSSR count). The topological polar surface area (TPSA) is 64.3 Å². The highest BCUT2D eigenvalue weighted by Gasteiger charge is 2.29. The van der Waals surface area contributed by atoms with E-state index in [2.05, 4.69) is 12.2 Å². The SMILES string of the molecule is CCOCC(C)NC(=O)C1CC(C)CC(N)C1. The van der Waals surface area contributed by atoms with Crippen LogP contribution in [0.3, 0.4) is 0 Å². The highest BCUT2D eigenvalue weighted by Crippen LogP contribution is 2.28. The molecule has 100 valence electrons. The second-order valence-corrected chi connectivity index (χ2v) is 5.34. The molecule has 0 heterocycles. The molecule has 4 nitrogen and oxygen atoms in total. The maximum Gasteiger partial charge on any atom is 0.223 e. The standard InChI is InChI=1S/C13H26N2O2/c1-4-17-8-10(3)15-13(16)11-5-9(2)6-12(14)7-11/h9-12H,4-8,14H2,1-3H3,(H,15,16). The summed E-state index contributed by atoms with van der Waals surface area (Å²) in [7, 11) is 0. The number of ether oxygens (including phenoxy) is 1. The van der Waals surface area contributed by atoms with Crippen LogP contribution in [0.1, 0.15) is 40.0 Å². The first-order chi connectivity index (χ1) is 8.02. The van der Waals surface area contributed by atoms with Gasteiger partial charge in [0.25, 0.3) is 0 Å². The monoisotopic (exact) mass is 242 g/mol. The van der Waals surface area contributed by atoms with Crippen LogP contribution in [0.5, 0.6) is 0 Å².